The molecule has 0 saturated carbocycles. The molecule has 3 heteroatoms. The quantitative estimate of drug-likeness (QED) is 0.421. The number of hydrogen-bond acceptors (Lipinski definition) is 3. The molecule has 0 fully saturated rings. The molecule has 0 heterocycles. The Labute approximate surface area is 91.6 Å². The van der Waals surface area contributed by atoms with Gasteiger partial charge in [-0.05, 0) is 18.0 Å². The highest BCUT2D eigenvalue weighted by atomic mass is 16.1. The Bertz CT molecular complexity index is 285. The highest BCUT2D eigenvalue weighted by molar-refractivity contribution is 5.74. The number of aldehydes is 1. The average molecular weight is 208 g/mol. The van der Waals surface area contributed by atoms with Crippen LogP contribution in [0.3, 0.4) is 0 Å². The molecule has 0 aliphatic heterocycles. The van der Waals surface area contributed by atoms with Crippen LogP contribution in [-0.2, 0) is 5.41 Å². The van der Waals surface area contributed by atoms with Gasteiger partial charge in [0, 0.05) is 5.56 Å². The molecule has 0 aromatic heterocycles. The van der Waals surface area contributed by atoms with Crippen LogP contribution in [0.1, 0.15) is 36.7 Å². The molecule has 15 heavy (non-hydrogen) atoms. The first-order valence-electron chi connectivity index (χ1n) is 4.88. The first-order valence-corrected chi connectivity index (χ1v) is 4.88. The monoisotopic (exact) mass is 208 g/mol. The van der Waals surface area contributed by atoms with Crippen LogP contribution in [0, 0.1) is 0 Å². The van der Waals surface area contributed by atoms with E-state index in [0.29, 0.717) is 0 Å². The van der Waals surface area contributed by atoms with Crippen molar-refractivity contribution in [3.8, 4) is 0 Å². The minimum Gasteiger partial charge on any atom is -0.298 e. The minimum absolute atomic E-state index is 0.168. The van der Waals surface area contributed by atoms with Crippen LogP contribution in [-0.4, -0.2) is 13.3 Å². The summed E-state index contributed by atoms with van der Waals surface area (Å²) in [6.45, 7) is 6.47. The molecule has 1 rings (SSSR count). The van der Waals surface area contributed by atoms with Gasteiger partial charge in [0.25, 0.3) is 0 Å². The molecule has 0 radical (unpaired) electrons. The van der Waals surface area contributed by atoms with Crippen LogP contribution in [0.2, 0.25) is 0 Å². The molecular weight excluding hydrogens is 188 g/mol. The zero-order valence-corrected chi connectivity index (χ0v) is 9.87. The fourth-order valence-electron chi connectivity index (χ4n) is 1.06. The summed E-state index contributed by atoms with van der Waals surface area (Å²) in [5, 5.41) is 0. The van der Waals surface area contributed by atoms with Crippen molar-refractivity contribution in [1.82, 2.24) is 5.43 Å². The van der Waals surface area contributed by atoms with Gasteiger partial charge in [-0.3, -0.25) is 16.1 Å². The van der Waals surface area contributed by atoms with E-state index in [1.807, 2.05) is 24.3 Å². The number of nitrogens with one attached hydrogen (secondary N) is 1. The van der Waals surface area contributed by atoms with E-state index in [9.17, 15) is 4.79 Å². The van der Waals surface area contributed by atoms with Crippen LogP contribution in [0.25, 0.3) is 0 Å². The number of hydrazine groups is 1. The van der Waals surface area contributed by atoms with Crippen molar-refractivity contribution >= 4 is 6.29 Å². The molecule has 0 aliphatic carbocycles. The van der Waals surface area contributed by atoms with Gasteiger partial charge in [-0.2, -0.15) is 0 Å². The van der Waals surface area contributed by atoms with Crippen molar-refractivity contribution in [2.24, 2.45) is 5.84 Å². The number of rotatable bonds is 1. The second-order valence-corrected chi connectivity index (χ2v) is 4.28. The van der Waals surface area contributed by atoms with E-state index in [4.69, 9.17) is 0 Å². The van der Waals surface area contributed by atoms with Crippen LogP contribution in [0.15, 0.2) is 24.3 Å². The molecule has 0 spiro atoms. The Morgan fingerprint density at radius 2 is 1.60 bits per heavy atom. The lowest BCUT2D eigenvalue weighted by Gasteiger charge is -2.18. The molecule has 3 N–H and O–H groups in total. The summed E-state index contributed by atoms with van der Waals surface area (Å²) in [4.78, 5) is 10.4. The highest BCUT2D eigenvalue weighted by Crippen LogP contribution is 2.21. The predicted octanol–water partition coefficient (Wildman–Crippen LogP) is 1.88. The zero-order chi connectivity index (χ0) is 11.9. The zero-order valence-electron chi connectivity index (χ0n) is 9.87. The van der Waals surface area contributed by atoms with Gasteiger partial charge in [0.1, 0.15) is 6.29 Å². The molecule has 0 atom stereocenters. The van der Waals surface area contributed by atoms with E-state index >= 15 is 0 Å². The van der Waals surface area contributed by atoms with Gasteiger partial charge in [0.2, 0.25) is 0 Å². The molecule has 0 unspecified atom stereocenters. The van der Waals surface area contributed by atoms with Gasteiger partial charge in [-0.25, -0.2) is 0 Å². The van der Waals surface area contributed by atoms with Gasteiger partial charge in [-0.1, -0.05) is 45.0 Å². The van der Waals surface area contributed by atoms with Crippen LogP contribution in [0.5, 0.6) is 0 Å². The molecule has 0 bridgehead atoms. The molecule has 84 valence electrons. The maximum absolute atomic E-state index is 10.4. The number of nitrogens with two attached hydrogens (primary N) is 1. The van der Waals surface area contributed by atoms with E-state index in [2.05, 4.69) is 32.0 Å². The Morgan fingerprint density at radius 3 is 1.87 bits per heavy atom. The largest absolute Gasteiger partial charge is 0.298 e. The van der Waals surface area contributed by atoms with Crippen molar-refractivity contribution in [3.05, 3.63) is 35.4 Å². The van der Waals surface area contributed by atoms with Crippen molar-refractivity contribution in [3.63, 3.8) is 0 Å². The summed E-state index contributed by atoms with van der Waals surface area (Å²) in [7, 11) is 1.65. The molecule has 1 aromatic rings. The Kier molecular flexibility index (Phi) is 5.82. The predicted molar refractivity (Wildman–Crippen MR) is 63.8 cm³/mol. The maximum Gasteiger partial charge on any atom is 0.150 e. The number of carbonyl (C=O) groups excluding carboxylic acids is 1. The fraction of sp³-hybridized carbons (Fsp3) is 0.417. The fourth-order valence-corrected chi connectivity index (χ4v) is 1.06. The molecule has 0 aliphatic rings. The third-order valence-electron chi connectivity index (χ3n) is 1.91. The van der Waals surface area contributed by atoms with Crippen LogP contribution >= 0.6 is 0 Å². The van der Waals surface area contributed by atoms with E-state index in [-0.39, 0.29) is 5.41 Å². The lowest BCUT2D eigenvalue weighted by molar-refractivity contribution is 0.112. The summed E-state index contributed by atoms with van der Waals surface area (Å²) in [5.74, 6) is 4.60. The third-order valence-corrected chi connectivity index (χ3v) is 1.91. The summed E-state index contributed by atoms with van der Waals surface area (Å²) in [5.41, 5.74) is 4.41. The van der Waals surface area contributed by atoms with Gasteiger partial charge in [0.15, 0.2) is 0 Å². The standard InChI is InChI=1S/C11H14O.CH6N2/c1-11(2,3)10-6-4-9(8-12)5-7-10;1-3-2/h4-8H,1-3H3;3H,2H2,1H3. The smallest absolute Gasteiger partial charge is 0.150 e. The van der Waals surface area contributed by atoms with Crippen molar-refractivity contribution < 1.29 is 4.79 Å². The van der Waals surface area contributed by atoms with Gasteiger partial charge < -0.3 is 0 Å². The van der Waals surface area contributed by atoms with Crippen molar-refractivity contribution in [1.29, 1.82) is 0 Å². The van der Waals surface area contributed by atoms with Gasteiger partial charge in [-0.15, -0.1) is 0 Å². The van der Waals surface area contributed by atoms with E-state index in [0.717, 1.165) is 11.8 Å². The second-order valence-electron chi connectivity index (χ2n) is 4.28. The second kappa shape index (κ2) is 6.32. The van der Waals surface area contributed by atoms with Gasteiger partial charge in [0.05, 0.1) is 0 Å². The summed E-state index contributed by atoms with van der Waals surface area (Å²) < 4.78 is 0. The maximum atomic E-state index is 10.4. The molecule has 3 nitrogen and oxygen atoms in total. The highest BCUT2D eigenvalue weighted by Gasteiger charge is 2.12. The van der Waals surface area contributed by atoms with E-state index in [1.54, 1.807) is 7.05 Å². The van der Waals surface area contributed by atoms with E-state index < -0.39 is 0 Å². The number of benzene rings is 1. The topological polar surface area (TPSA) is 55.1 Å². The Balaban J connectivity index is 0.000000583. The summed E-state index contributed by atoms with van der Waals surface area (Å²) >= 11 is 0. The minimum atomic E-state index is 0.168. The van der Waals surface area contributed by atoms with Gasteiger partial charge >= 0.3 is 0 Å². The summed E-state index contributed by atoms with van der Waals surface area (Å²) in [6, 6.07) is 7.72. The van der Waals surface area contributed by atoms with Crippen LogP contribution < -0.4 is 11.3 Å². The van der Waals surface area contributed by atoms with Crippen molar-refractivity contribution in [2.75, 3.05) is 7.05 Å². The SMILES string of the molecule is CC(C)(C)c1ccc(C=O)cc1.CNN. The average Bonchev–Trinajstić information content (AvgIpc) is 2.18. The lowest BCUT2D eigenvalue weighted by atomic mass is 9.87. The third kappa shape index (κ3) is 5.30. The number of carbonyl (C=O) groups is 1. The number of hydrogen-bond donors (Lipinski definition) is 2. The lowest BCUT2D eigenvalue weighted by Crippen LogP contribution is -2.13. The first kappa shape index (κ1) is 13.8. The normalized spacial score (nSPS) is 10.2. The van der Waals surface area contributed by atoms with E-state index in [1.165, 1.54) is 5.56 Å². The van der Waals surface area contributed by atoms with Crippen LogP contribution in [0.4, 0.5) is 0 Å². The molecule has 0 amide bonds. The Hall–Kier alpha value is -1.19. The molecule has 1 aromatic carbocycles. The Morgan fingerprint density at radius 1 is 1.20 bits per heavy atom. The first-order chi connectivity index (χ1) is 6.95. The van der Waals surface area contributed by atoms with Crippen molar-refractivity contribution in [2.45, 2.75) is 26.2 Å². The molecular formula is C12H20N2O. The molecule has 0 saturated heterocycles. The summed E-state index contributed by atoms with van der Waals surface area (Å²) in [6.07, 6.45) is 0.867.